The monoisotopic (exact) mass is 881 g/mol. The zero-order chi connectivity index (χ0) is 45.0. The van der Waals surface area contributed by atoms with Gasteiger partial charge in [0.05, 0.1) is 27.7 Å². The maximum atomic E-state index is 12.7. The fourth-order valence-corrected chi connectivity index (χ4v) is 7.51. The fourth-order valence-electron chi connectivity index (χ4n) is 6.77. The van der Waals surface area contributed by atoms with E-state index in [1.807, 2.05) is 21.1 Å². The van der Waals surface area contributed by atoms with E-state index in [2.05, 4.69) is 62.5 Å². The molecule has 0 spiro atoms. The van der Waals surface area contributed by atoms with Crippen LogP contribution in [0.5, 0.6) is 0 Å². The molecule has 0 aromatic heterocycles. The lowest BCUT2D eigenvalue weighted by molar-refractivity contribution is -0.870. The average molecular weight is 881 g/mol. The highest BCUT2D eigenvalue weighted by atomic mass is 31.2. The van der Waals surface area contributed by atoms with E-state index in [0.717, 1.165) is 70.6 Å². The molecule has 0 aliphatic carbocycles. The van der Waals surface area contributed by atoms with Gasteiger partial charge in [-0.15, -0.1) is 0 Å². The second-order valence-electron chi connectivity index (χ2n) is 17.8. The first-order chi connectivity index (χ1) is 29.5. The van der Waals surface area contributed by atoms with E-state index in [-0.39, 0.29) is 32.0 Å². The predicted molar refractivity (Wildman–Crippen MR) is 257 cm³/mol. The van der Waals surface area contributed by atoms with Crippen LogP contribution in [-0.4, -0.2) is 74.9 Å². The minimum atomic E-state index is -4.39. The minimum absolute atomic E-state index is 0.0263. The molecular formula is C51H95NO8P+. The highest BCUT2D eigenvalue weighted by Gasteiger charge is 2.27. The molecule has 9 nitrogen and oxygen atoms in total. The number of likely N-dealkylation sites (N-methyl/N-ethyl adjacent to an activating group) is 1. The summed E-state index contributed by atoms with van der Waals surface area (Å²) < 4.78 is 34.4. The molecule has 1 N–H and O–H groups in total. The van der Waals surface area contributed by atoms with Crippen molar-refractivity contribution in [2.45, 2.75) is 219 Å². The summed E-state index contributed by atoms with van der Waals surface area (Å²) in [5, 5.41) is 0. The quantitative estimate of drug-likeness (QED) is 0.0212. The number of hydrogen-bond donors (Lipinski definition) is 1. The lowest BCUT2D eigenvalue weighted by Gasteiger charge is -2.24. The molecule has 0 aliphatic rings. The number of rotatable bonds is 45. The lowest BCUT2D eigenvalue weighted by atomic mass is 10.0. The maximum Gasteiger partial charge on any atom is 0.472 e. The summed E-state index contributed by atoms with van der Waals surface area (Å²) in [6.45, 7) is 4.30. The van der Waals surface area contributed by atoms with Crippen LogP contribution in [0.25, 0.3) is 0 Å². The fraction of sp³-hybridized carbons (Fsp3) is 0.804. The standard InChI is InChI=1S/C51H94NO8P/c1-6-8-10-12-14-16-18-20-22-24-25-26-28-29-31-33-35-37-39-41-43-50(53)57-47-49(48-59-61(55,56)58-46-45-52(3,4)5)60-51(54)44-42-40-38-36-34-32-30-27-23-21-19-17-15-13-11-9-7-2/h9,11,15,17,21,23,30,32,49H,6-8,10,12-14,16,18-20,22,24-29,31,33-48H2,1-5H3/p+1/b11-9-,17-15-,23-21-,32-30-. The lowest BCUT2D eigenvalue weighted by Crippen LogP contribution is -2.37. The normalized spacial score (nSPS) is 13.9. The number of carbonyl (C=O) groups is 2. The van der Waals surface area contributed by atoms with Crippen molar-refractivity contribution >= 4 is 19.8 Å². The molecule has 0 radical (unpaired) electrons. The number of carbonyl (C=O) groups excluding carboxylic acids is 2. The molecular weight excluding hydrogens is 786 g/mol. The van der Waals surface area contributed by atoms with Gasteiger partial charge in [-0.25, -0.2) is 4.57 Å². The van der Waals surface area contributed by atoms with Gasteiger partial charge in [-0.2, -0.15) is 0 Å². The molecule has 0 amide bonds. The molecule has 2 unspecified atom stereocenters. The Morgan fingerprint density at radius 2 is 0.934 bits per heavy atom. The van der Waals surface area contributed by atoms with Crippen LogP contribution in [0, 0.1) is 0 Å². The van der Waals surface area contributed by atoms with E-state index in [4.69, 9.17) is 18.5 Å². The molecule has 0 fully saturated rings. The molecule has 2 atom stereocenters. The van der Waals surface area contributed by atoms with Crippen molar-refractivity contribution in [1.29, 1.82) is 0 Å². The Labute approximate surface area is 375 Å². The molecule has 356 valence electrons. The smallest absolute Gasteiger partial charge is 0.462 e. The third-order valence-electron chi connectivity index (χ3n) is 10.6. The average Bonchev–Trinajstić information content (AvgIpc) is 3.21. The number of phosphoric ester groups is 1. The first-order valence-corrected chi connectivity index (χ1v) is 26.4. The molecule has 0 rings (SSSR count). The summed E-state index contributed by atoms with van der Waals surface area (Å²) >= 11 is 0. The van der Waals surface area contributed by atoms with Gasteiger partial charge in [0, 0.05) is 12.8 Å². The maximum absolute atomic E-state index is 12.7. The minimum Gasteiger partial charge on any atom is -0.462 e. The van der Waals surface area contributed by atoms with Crippen molar-refractivity contribution < 1.29 is 42.1 Å². The van der Waals surface area contributed by atoms with Crippen LogP contribution in [0.1, 0.15) is 213 Å². The molecule has 61 heavy (non-hydrogen) atoms. The summed E-state index contributed by atoms with van der Waals surface area (Å²) in [6.07, 6.45) is 51.6. The predicted octanol–water partition coefficient (Wildman–Crippen LogP) is 14.6. The molecule has 0 saturated heterocycles. The van der Waals surface area contributed by atoms with Gasteiger partial charge in [0.1, 0.15) is 19.8 Å². The number of nitrogens with zero attached hydrogens (tertiary/aromatic N) is 1. The Morgan fingerprint density at radius 3 is 1.39 bits per heavy atom. The van der Waals surface area contributed by atoms with E-state index >= 15 is 0 Å². The molecule has 10 heteroatoms. The second kappa shape index (κ2) is 43.2. The summed E-state index contributed by atoms with van der Waals surface area (Å²) in [5.74, 6) is -0.820. The highest BCUT2D eigenvalue weighted by Crippen LogP contribution is 2.43. The van der Waals surface area contributed by atoms with Crippen molar-refractivity contribution in [3.05, 3.63) is 48.6 Å². The van der Waals surface area contributed by atoms with Crippen LogP contribution in [-0.2, 0) is 32.7 Å². The van der Waals surface area contributed by atoms with E-state index in [1.165, 1.54) is 109 Å². The van der Waals surface area contributed by atoms with E-state index in [9.17, 15) is 19.0 Å². The van der Waals surface area contributed by atoms with Gasteiger partial charge in [-0.1, -0.05) is 197 Å². The number of esters is 2. The number of allylic oxidation sites excluding steroid dienone is 8. The zero-order valence-corrected chi connectivity index (χ0v) is 41.0. The van der Waals surface area contributed by atoms with Gasteiger partial charge in [0.15, 0.2) is 6.10 Å². The second-order valence-corrected chi connectivity index (χ2v) is 19.3. The first kappa shape index (κ1) is 59.0. The van der Waals surface area contributed by atoms with Gasteiger partial charge in [0.25, 0.3) is 0 Å². The van der Waals surface area contributed by atoms with Gasteiger partial charge < -0.3 is 18.9 Å². The molecule has 0 saturated carbocycles. The highest BCUT2D eigenvalue weighted by molar-refractivity contribution is 7.47. The van der Waals surface area contributed by atoms with Crippen molar-refractivity contribution in [3.8, 4) is 0 Å². The third-order valence-corrected chi connectivity index (χ3v) is 11.6. The molecule has 0 aliphatic heterocycles. The zero-order valence-electron chi connectivity index (χ0n) is 40.1. The summed E-state index contributed by atoms with van der Waals surface area (Å²) in [7, 11) is 1.46. The van der Waals surface area contributed by atoms with E-state index in [0.29, 0.717) is 17.4 Å². The van der Waals surface area contributed by atoms with Crippen LogP contribution < -0.4 is 0 Å². The number of ether oxygens (including phenoxy) is 2. The largest absolute Gasteiger partial charge is 0.472 e. The summed E-state index contributed by atoms with van der Waals surface area (Å²) in [5.41, 5.74) is 0. The Kier molecular flexibility index (Phi) is 41.8. The van der Waals surface area contributed by atoms with Crippen LogP contribution >= 0.6 is 7.82 Å². The topological polar surface area (TPSA) is 108 Å². The van der Waals surface area contributed by atoms with Crippen molar-refractivity contribution in [2.75, 3.05) is 47.5 Å². The van der Waals surface area contributed by atoms with Gasteiger partial charge in [-0.05, 0) is 51.4 Å². The number of hydrogen-bond acceptors (Lipinski definition) is 7. The molecule has 0 aromatic carbocycles. The Balaban J connectivity index is 4.28. The van der Waals surface area contributed by atoms with Crippen LogP contribution in [0.15, 0.2) is 48.6 Å². The van der Waals surface area contributed by atoms with Gasteiger partial charge in [0.2, 0.25) is 0 Å². The van der Waals surface area contributed by atoms with Crippen LogP contribution in [0.3, 0.4) is 0 Å². The first-order valence-electron chi connectivity index (χ1n) is 24.9. The van der Waals surface area contributed by atoms with Crippen molar-refractivity contribution in [3.63, 3.8) is 0 Å². The SMILES string of the molecule is CC/C=C\C/C=C\C/C=C\C/C=C\CCCCCCC(=O)OC(COC(=O)CCCCCCCCCCCCCCCCCCCCCC)COP(=O)(O)OCC[N+](C)(C)C. The van der Waals surface area contributed by atoms with Crippen LogP contribution in [0.4, 0.5) is 0 Å². The number of phosphoric acid groups is 1. The molecule has 0 aromatic rings. The molecule has 0 heterocycles. The number of quaternary nitrogens is 1. The Morgan fingerprint density at radius 1 is 0.525 bits per heavy atom. The van der Waals surface area contributed by atoms with Crippen LogP contribution in [0.2, 0.25) is 0 Å². The van der Waals surface area contributed by atoms with Crippen molar-refractivity contribution in [2.24, 2.45) is 0 Å². The summed E-state index contributed by atoms with van der Waals surface area (Å²) in [6, 6.07) is 0. The van der Waals surface area contributed by atoms with E-state index < -0.39 is 26.5 Å². The van der Waals surface area contributed by atoms with Gasteiger partial charge in [-0.3, -0.25) is 18.6 Å². The summed E-state index contributed by atoms with van der Waals surface area (Å²) in [4.78, 5) is 35.5. The van der Waals surface area contributed by atoms with Crippen molar-refractivity contribution in [1.82, 2.24) is 0 Å². The molecule has 0 bridgehead atoms. The van der Waals surface area contributed by atoms with Gasteiger partial charge >= 0.3 is 19.8 Å². The Hall–Kier alpha value is -2.03. The third kappa shape index (κ3) is 47.3. The van der Waals surface area contributed by atoms with E-state index in [1.54, 1.807) is 0 Å². The number of unbranched alkanes of at least 4 members (excludes halogenated alkanes) is 23. The Bertz CT molecular complexity index is 1180.